The number of nitrogens with zero attached hydrogens (tertiary/aromatic N) is 6. The van der Waals surface area contributed by atoms with Gasteiger partial charge in [0.1, 0.15) is 12.4 Å². The number of aryl methyl sites for hydroxylation is 2. The average Bonchev–Trinajstić information content (AvgIpc) is 3.61. The summed E-state index contributed by atoms with van der Waals surface area (Å²) in [6.45, 7) is 5.75. The highest BCUT2D eigenvalue weighted by Crippen LogP contribution is 2.33. The highest BCUT2D eigenvalue weighted by atomic mass is 32.2. The molecule has 4 aromatic rings. The highest BCUT2D eigenvalue weighted by molar-refractivity contribution is 7.92. The van der Waals surface area contributed by atoms with Crippen LogP contribution in [-0.2, 0) is 21.3 Å². The van der Waals surface area contributed by atoms with Crippen LogP contribution in [0.15, 0.2) is 65.8 Å². The normalized spacial score (nSPS) is 20.7. The number of hydrogen-bond donors (Lipinski definition) is 1. The van der Waals surface area contributed by atoms with Crippen LogP contribution in [0, 0.1) is 19.8 Å². The quantitative estimate of drug-likeness (QED) is 0.219. The summed E-state index contributed by atoms with van der Waals surface area (Å²) in [5.74, 6) is 0.970. The van der Waals surface area contributed by atoms with Crippen molar-refractivity contribution in [2.45, 2.75) is 88.7 Å². The number of nitrogens with one attached hydrogen (secondary N) is 1. The molecule has 4 heterocycles. The van der Waals surface area contributed by atoms with E-state index in [1.54, 1.807) is 42.6 Å². The first-order chi connectivity index (χ1) is 25.2. The van der Waals surface area contributed by atoms with Crippen LogP contribution in [-0.4, -0.2) is 78.1 Å². The van der Waals surface area contributed by atoms with Gasteiger partial charge in [-0.05, 0) is 68.4 Å². The summed E-state index contributed by atoms with van der Waals surface area (Å²) >= 11 is 0. The Morgan fingerprint density at radius 3 is 2.50 bits per heavy atom. The van der Waals surface area contributed by atoms with Crippen LogP contribution < -0.4 is 14.4 Å². The number of hydrogen-bond acceptors (Lipinski definition) is 10. The fourth-order valence-electron chi connectivity index (χ4n) is 7.96. The molecule has 7 rings (SSSR count). The summed E-state index contributed by atoms with van der Waals surface area (Å²) < 4.78 is 42.2. The molecule has 2 aromatic heterocycles. The van der Waals surface area contributed by atoms with Gasteiger partial charge in [0.25, 0.3) is 15.9 Å². The van der Waals surface area contributed by atoms with Crippen LogP contribution in [0.5, 0.6) is 5.88 Å². The number of methoxy groups -OCH3 is 1. The Morgan fingerprint density at radius 2 is 1.71 bits per heavy atom. The van der Waals surface area contributed by atoms with Crippen LogP contribution in [0.2, 0.25) is 0 Å². The lowest BCUT2D eigenvalue weighted by Crippen LogP contribution is -2.45. The zero-order valence-electron chi connectivity index (χ0n) is 30.1. The Hall–Kier alpha value is -4.62. The van der Waals surface area contributed by atoms with Crippen molar-refractivity contribution in [1.82, 2.24) is 24.8 Å². The molecule has 1 amide bonds. The molecule has 0 unspecified atom stereocenters. The molecule has 2 aromatic carbocycles. The van der Waals surface area contributed by atoms with Crippen molar-refractivity contribution in [3.05, 3.63) is 83.3 Å². The van der Waals surface area contributed by atoms with Gasteiger partial charge in [0.05, 0.1) is 53.9 Å². The van der Waals surface area contributed by atoms with E-state index in [4.69, 9.17) is 14.5 Å². The lowest BCUT2D eigenvalue weighted by Gasteiger charge is -2.35. The van der Waals surface area contributed by atoms with Crippen molar-refractivity contribution in [3.63, 3.8) is 0 Å². The van der Waals surface area contributed by atoms with E-state index in [0.717, 1.165) is 74.0 Å². The molecule has 2 aliphatic heterocycles. The molecular weight excluding hydrogens is 679 g/mol. The van der Waals surface area contributed by atoms with Crippen LogP contribution in [0.4, 0.5) is 11.8 Å². The number of benzene rings is 2. The van der Waals surface area contributed by atoms with Crippen molar-refractivity contribution in [1.29, 1.82) is 0 Å². The molecule has 2 atom stereocenters. The number of sulfonamides is 1. The van der Waals surface area contributed by atoms with E-state index in [9.17, 15) is 13.2 Å². The Morgan fingerprint density at radius 1 is 0.923 bits per heavy atom. The molecule has 274 valence electrons. The van der Waals surface area contributed by atoms with E-state index in [1.807, 2.05) is 32.0 Å². The third kappa shape index (κ3) is 7.90. The van der Waals surface area contributed by atoms with Crippen LogP contribution in [0.25, 0.3) is 11.3 Å². The van der Waals surface area contributed by atoms with E-state index >= 15 is 0 Å². The largest absolute Gasteiger partial charge is 0.475 e. The first-order valence-electron chi connectivity index (χ1n) is 18.3. The van der Waals surface area contributed by atoms with Crippen molar-refractivity contribution < 1.29 is 22.7 Å². The van der Waals surface area contributed by atoms with Crippen molar-refractivity contribution >= 4 is 27.7 Å². The topological polar surface area (TPSA) is 140 Å². The second-order valence-corrected chi connectivity index (χ2v) is 15.9. The maximum atomic E-state index is 14.7. The summed E-state index contributed by atoms with van der Waals surface area (Å²) in [6, 6.07) is 13.7. The van der Waals surface area contributed by atoms with Gasteiger partial charge in [0.2, 0.25) is 11.8 Å². The van der Waals surface area contributed by atoms with Gasteiger partial charge in [-0.1, -0.05) is 56.4 Å². The summed E-state index contributed by atoms with van der Waals surface area (Å²) in [5.41, 5.74) is 4.28. The molecule has 0 spiro atoms. The van der Waals surface area contributed by atoms with E-state index in [0.29, 0.717) is 23.9 Å². The second-order valence-electron chi connectivity index (χ2n) is 14.3. The van der Waals surface area contributed by atoms with E-state index in [-0.39, 0.29) is 53.4 Å². The van der Waals surface area contributed by atoms with Gasteiger partial charge in [-0.15, -0.1) is 0 Å². The smallest absolute Gasteiger partial charge is 0.264 e. The van der Waals surface area contributed by atoms with Crippen LogP contribution in [0.1, 0.15) is 78.5 Å². The number of carbonyl (C=O) groups is 1. The lowest BCUT2D eigenvalue weighted by molar-refractivity contribution is 0.0527. The molecule has 1 saturated heterocycles. The highest BCUT2D eigenvalue weighted by Gasteiger charge is 2.32. The Kier molecular flexibility index (Phi) is 10.7. The summed E-state index contributed by atoms with van der Waals surface area (Å²) in [7, 11) is -2.47. The number of anilines is 2. The zero-order chi connectivity index (χ0) is 36.2. The first-order valence-corrected chi connectivity index (χ1v) is 19.8. The van der Waals surface area contributed by atoms with Gasteiger partial charge < -0.3 is 19.3 Å². The predicted octanol–water partition coefficient (Wildman–Crippen LogP) is 6.34. The molecule has 12 nitrogen and oxygen atoms in total. The summed E-state index contributed by atoms with van der Waals surface area (Å²) in [5, 5.41) is 0. The first kappa shape index (κ1) is 35.8. The summed E-state index contributed by atoms with van der Waals surface area (Å²) in [6.07, 6.45) is 11.9. The zero-order valence-corrected chi connectivity index (χ0v) is 30.9. The fourth-order valence-corrected chi connectivity index (χ4v) is 8.95. The second kappa shape index (κ2) is 15.5. The van der Waals surface area contributed by atoms with Gasteiger partial charge in [-0.3, -0.25) is 9.78 Å². The molecule has 1 aliphatic carbocycles. The minimum atomic E-state index is -4.18. The fraction of sp³-hybridized carbons (Fsp3) is 0.462. The van der Waals surface area contributed by atoms with E-state index in [1.165, 1.54) is 18.6 Å². The number of amides is 1. The molecule has 1 N–H and O–H groups in total. The molecular formula is C39H47N7O5S. The molecule has 2 fully saturated rings. The predicted molar refractivity (Wildman–Crippen MR) is 199 cm³/mol. The number of rotatable bonds is 8. The SMILES string of the molecule is COC[C@@H]1CCCN1c1cncc(CN2C(=O)c3cccc(c3)S(=O)(=O)Nc3nc(cc(-c4c(C)cccc4C)n3)OC[C@H]2CC2CCCCC2)n1. The van der Waals surface area contributed by atoms with Gasteiger partial charge >= 0.3 is 0 Å². The van der Waals surface area contributed by atoms with Gasteiger partial charge in [0, 0.05) is 30.8 Å². The Bertz CT molecular complexity index is 2000. The van der Waals surface area contributed by atoms with Crippen LogP contribution >= 0.6 is 0 Å². The molecule has 0 radical (unpaired) electrons. The Labute approximate surface area is 306 Å². The monoisotopic (exact) mass is 725 g/mol. The number of aromatic nitrogens is 4. The number of fused-ring (bicyclic) bond motifs is 4. The van der Waals surface area contributed by atoms with E-state index < -0.39 is 10.0 Å². The molecule has 3 aliphatic rings. The van der Waals surface area contributed by atoms with Crippen molar-refractivity contribution in [2.75, 3.05) is 36.5 Å². The Balaban J connectivity index is 1.31. The third-order valence-electron chi connectivity index (χ3n) is 10.5. The lowest BCUT2D eigenvalue weighted by atomic mass is 9.84. The molecule has 1 saturated carbocycles. The maximum Gasteiger partial charge on any atom is 0.264 e. The maximum absolute atomic E-state index is 14.7. The number of carbonyl (C=O) groups excluding carboxylic acids is 1. The molecule has 4 bridgehead atoms. The van der Waals surface area contributed by atoms with Crippen molar-refractivity contribution in [2.24, 2.45) is 5.92 Å². The van der Waals surface area contributed by atoms with Gasteiger partial charge in [-0.2, -0.15) is 4.98 Å². The van der Waals surface area contributed by atoms with Crippen molar-refractivity contribution in [3.8, 4) is 17.1 Å². The average molecular weight is 726 g/mol. The minimum Gasteiger partial charge on any atom is -0.475 e. The standard InChI is InChI=1S/C39H47N7O5S/c1-26-10-7-11-27(2)37(26)34-20-36-43-39(42-34)44-52(48,49)33-16-8-14-29(19-33)38(47)46(32(25-51-36)18-28-12-5-4-6-13-28)23-30-21-40-22-35(41-30)45-17-9-15-31(45)24-50-3/h7-8,10-11,14,16,19-22,28,31-32H,4-6,9,12-13,15,17-18,23-25H2,1-3H3,(H,42,43,44)/t31-,32+/m0/s1. The molecule has 52 heavy (non-hydrogen) atoms. The van der Waals surface area contributed by atoms with Gasteiger partial charge in [-0.25, -0.2) is 23.1 Å². The van der Waals surface area contributed by atoms with Gasteiger partial charge in [0.15, 0.2) is 0 Å². The minimum absolute atomic E-state index is 0.0649. The summed E-state index contributed by atoms with van der Waals surface area (Å²) in [4.78, 5) is 37.5. The number of ether oxygens (including phenoxy) is 2. The molecule has 13 heteroatoms. The van der Waals surface area contributed by atoms with Crippen LogP contribution in [0.3, 0.4) is 0 Å². The van der Waals surface area contributed by atoms with E-state index in [2.05, 4.69) is 24.6 Å². The third-order valence-corrected chi connectivity index (χ3v) is 11.9.